The lowest BCUT2D eigenvalue weighted by Gasteiger charge is -1.69. The van der Waals surface area contributed by atoms with Crippen molar-refractivity contribution in [2.75, 3.05) is 7.11 Å². The molecule has 0 aromatic rings. The van der Waals surface area contributed by atoms with E-state index in [-0.39, 0.29) is 0 Å². The second kappa shape index (κ2) is 7.35. The maximum absolute atomic E-state index is 10.3. The second-order valence-corrected chi connectivity index (χ2v) is 0.675. The zero-order chi connectivity index (χ0) is 7.86. The van der Waals surface area contributed by atoms with Crippen LogP contribution in [0.3, 0.4) is 0 Å². The van der Waals surface area contributed by atoms with Gasteiger partial charge in [0.15, 0.2) is 0 Å². The molecule has 0 radical (unpaired) electrons. The van der Waals surface area contributed by atoms with E-state index in [2.05, 4.69) is 4.94 Å². The van der Waals surface area contributed by atoms with Gasteiger partial charge in [0.2, 0.25) is 0 Å². The van der Waals surface area contributed by atoms with E-state index in [0.717, 1.165) is 7.11 Å². The highest BCUT2D eigenvalue weighted by atomic mass is 19.3. The predicted octanol–water partition coefficient (Wildman–Crippen LogP) is 2.51. The third-order valence-corrected chi connectivity index (χ3v) is 0.143. The lowest BCUT2D eigenvalue weighted by molar-refractivity contribution is -0.0960. The van der Waals surface area contributed by atoms with Gasteiger partial charge in [0.05, 0.1) is 7.11 Å². The van der Waals surface area contributed by atoms with Gasteiger partial charge in [-0.15, -0.1) is 0 Å². The van der Waals surface area contributed by atoms with Crippen LogP contribution in [-0.2, 0) is 4.94 Å². The summed E-state index contributed by atoms with van der Waals surface area (Å²) in [6.07, 6.45) is -5.81. The van der Waals surface area contributed by atoms with Crippen LogP contribution >= 0.6 is 0 Å². The van der Waals surface area contributed by atoms with E-state index in [4.69, 9.17) is 0 Å². The standard InChI is InChI=1S/C2F4.CH3FO/c3-1(4)2(5)6;1-3-2/h;1H3. The molecule has 1 nitrogen and oxygen atoms in total. The Balaban J connectivity index is 0. The smallest absolute Gasteiger partial charge is 0.198 e. The molecule has 0 spiro atoms. The molecule has 0 N–H and O–H groups in total. The fourth-order valence-corrected chi connectivity index (χ4v) is 0. The van der Waals surface area contributed by atoms with Gasteiger partial charge >= 0.3 is 12.2 Å². The van der Waals surface area contributed by atoms with Gasteiger partial charge in [0.25, 0.3) is 0 Å². The molecule has 6 heteroatoms. The highest BCUT2D eigenvalue weighted by Crippen LogP contribution is 2.08. The van der Waals surface area contributed by atoms with E-state index in [1.54, 1.807) is 0 Å². The minimum Gasteiger partial charge on any atom is -0.198 e. The molecule has 0 unspecified atom stereocenters. The Morgan fingerprint density at radius 1 is 1.00 bits per heavy atom. The summed E-state index contributed by atoms with van der Waals surface area (Å²) < 4.78 is 50.9. The molecule has 0 aliphatic heterocycles. The molecule has 0 aliphatic carbocycles. The summed E-state index contributed by atoms with van der Waals surface area (Å²) in [5.41, 5.74) is 0. The summed E-state index contributed by atoms with van der Waals surface area (Å²) in [5.74, 6) is 0. The molecular weight excluding hydrogens is 147 g/mol. The molecule has 0 atom stereocenters. The monoisotopic (exact) mass is 150 g/mol. The molecule has 0 fully saturated rings. The average Bonchev–Trinajstić information content (AvgIpc) is 1.68. The van der Waals surface area contributed by atoms with E-state index < -0.39 is 12.2 Å². The Morgan fingerprint density at radius 2 is 1.11 bits per heavy atom. The minimum atomic E-state index is -2.91. The summed E-state index contributed by atoms with van der Waals surface area (Å²) >= 11 is 0. The van der Waals surface area contributed by atoms with Gasteiger partial charge < -0.3 is 0 Å². The van der Waals surface area contributed by atoms with Crippen molar-refractivity contribution in [2.45, 2.75) is 0 Å². The fourth-order valence-electron chi connectivity index (χ4n) is 0. The van der Waals surface area contributed by atoms with Crippen molar-refractivity contribution in [3.63, 3.8) is 0 Å². The van der Waals surface area contributed by atoms with Crippen LogP contribution in [0, 0.1) is 0 Å². The first-order valence-corrected chi connectivity index (χ1v) is 1.57. The number of rotatable bonds is 0. The van der Waals surface area contributed by atoms with Crippen molar-refractivity contribution in [1.29, 1.82) is 0 Å². The lowest BCUT2D eigenvalue weighted by atomic mass is 11.1. The summed E-state index contributed by atoms with van der Waals surface area (Å²) in [7, 11) is 0.958. The summed E-state index contributed by atoms with van der Waals surface area (Å²) in [6.45, 7) is 0. The predicted molar refractivity (Wildman–Crippen MR) is 19.6 cm³/mol. The van der Waals surface area contributed by atoms with Gasteiger partial charge in [0.1, 0.15) is 0 Å². The van der Waals surface area contributed by atoms with Crippen LogP contribution in [-0.4, -0.2) is 7.11 Å². The normalized spacial score (nSPS) is 7.33. The van der Waals surface area contributed by atoms with E-state index >= 15 is 0 Å². The quantitative estimate of drug-likeness (QED) is 0.482. The van der Waals surface area contributed by atoms with Crippen molar-refractivity contribution in [1.82, 2.24) is 0 Å². The highest BCUT2D eigenvalue weighted by molar-refractivity contribution is 4.77. The molecule has 0 aliphatic rings. The van der Waals surface area contributed by atoms with Crippen LogP contribution < -0.4 is 0 Å². The van der Waals surface area contributed by atoms with Crippen LogP contribution in [0.4, 0.5) is 22.1 Å². The van der Waals surface area contributed by atoms with Crippen molar-refractivity contribution in [3.05, 3.63) is 12.2 Å². The number of halogens is 5. The zero-order valence-electron chi connectivity index (χ0n) is 4.30. The third-order valence-electron chi connectivity index (χ3n) is 0.143. The Labute approximate surface area is 47.6 Å². The van der Waals surface area contributed by atoms with Gasteiger partial charge in [-0.25, -0.2) is 0 Å². The third kappa shape index (κ3) is 18.7. The Kier molecular flexibility index (Phi) is 9.14. The van der Waals surface area contributed by atoms with Crippen molar-refractivity contribution < 1.29 is 27.0 Å². The summed E-state index contributed by atoms with van der Waals surface area (Å²) in [4.78, 5) is 2.75. The maximum atomic E-state index is 10.3. The van der Waals surface area contributed by atoms with Crippen LogP contribution in [0.15, 0.2) is 12.2 Å². The van der Waals surface area contributed by atoms with E-state index in [1.807, 2.05) is 0 Å². The molecule has 0 bridgehead atoms. The maximum Gasteiger partial charge on any atom is 0.334 e. The Bertz CT molecular complexity index is 72.2. The minimum absolute atomic E-state index is 0.958. The molecule has 0 aromatic carbocycles. The van der Waals surface area contributed by atoms with E-state index in [9.17, 15) is 22.1 Å². The topological polar surface area (TPSA) is 9.23 Å². The molecule has 0 aromatic heterocycles. The number of hydrogen-bond acceptors (Lipinski definition) is 1. The molecule has 0 heterocycles. The Hall–Kier alpha value is -0.650. The van der Waals surface area contributed by atoms with Crippen molar-refractivity contribution in [3.8, 4) is 0 Å². The molecule has 56 valence electrons. The molecular formula is C3H3F5O. The van der Waals surface area contributed by atoms with Crippen molar-refractivity contribution in [2.24, 2.45) is 0 Å². The molecule has 9 heavy (non-hydrogen) atoms. The first kappa shape index (κ1) is 11.2. The van der Waals surface area contributed by atoms with Gasteiger partial charge in [-0.2, -0.15) is 22.5 Å². The van der Waals surface area contributed by atoms with Crippen molar-refractivity contribution >= 4 is 0 Å². The number of hydrogen-bond donors (Lipinski definition) is 0. The first-order chi connectivity index (χ1) is 4.06. The Morgan fingerprint density at radius 3 is 1.11 bits per heavy atom. The second-order valence-electron chi connectivity index (χ2n) is 0.675. The first-order valence-electron chi connectivity index (χ1n) is 1.57. The zero-order valence-corrected chi connectivity index (χ0v) is 4.30. The van der Waals surface area contributed by atoms with Gasteiger partial charge in [-0.3, -0.25) is 0 Å². The van der Waals surface area contributed by atoms with Crippen LogP contribution in [0.2, 0.25) is 0 Å². The largest absolute Gasteiger partial charge is 0.334 e. The fraction of sp³-hybridized carbons (Fsp3) is 0.333. The average molecular weight is 150 g/mol. The van der Waals surface area contributed by atoms with Gasteiger partial charge in [-0.1, -0.05) is 0 Å². The van der Waals surface area contributed by atoms with Gasteiger partial charge in [0, 0.05) is 0 Å². The summed E-state index contributed by atoms with van der Waals surface area (Å²) in [6, 6.07) is 0. The van der Waals surface area contributed by atoms with E-state index in [0.29, 0.717) is 0 Å². The van der Waals surface area contributed by atoms with Crippen LogP contribution in [0.1, 0.15) is 0 Å². The molecule has 0 saturated carbocycles. The molecule has 0 rings (SSSR count). The van der Waals surface area contributed by atoms with E-state index in [1.165, 1.54) is 0 Å². The summed E-state index contributed by atoms with van der Waals surface area (Å²) in [5, 5.41) is 0. The van der Waals surface area contributed by atoms with Crippen LogP contribution in [0.5, 0.6) is 0 Å². The highest BCUT2D eigenvalue weighted by Gasteiger charge is 1.98. The molecule has 0 saturated heterocycles. The molecule has 0 amide bonds. The SMILES string of the molecule is COF.FC(F)=C(F)F. The van der Waals surface area contributed by atoms with Gasteiger partial charge in [-0.05, 0) is 4.53 Å². The lowest BCUT2D eigenvalue weighted by Crippen LogP contribution is -1.56. The van der Waals surface area contributed by atoms with Crippen LogP contribution in [0.25, 0.3) is 0 Å².